The molecule has 0 atom stereocenters. The molecule has 0 saturated carbocycles. The Hall–Kier alpha value is -1.03. The minimum absolute atomic E-state index is 0.0697. The average molecular weight is 223 g/mol. The first-order chi connectivity index (χ1) is 6.50. The largest absolute Gasteiger partial charge is 0.296 e. The number of carbonyl (C=O) groups excluding carboxylic acids is 1. The Morgan fingerprint density at radius 1 is 1.43 bits per heavy atom. The van der Waals surface area contributed by atoms with Gasteiger partial charge in [0.05, 0.1) is 0 Å². The molecule has 0 aromatic heterocycles. The van der Waals surface area contributed by atoms with Crippen LogP contribution in [0.4, 0.5) is 13.2 Å². The molecule has 14 heavy (non-hydrogen) atoms. The lowest BCUT2D eigenvalue weighted by molar-refractivity contribution is -0.128. The summed E-state index contributed by atoms with van der Waals surface area (Å²) in [4.78, 5) is 10.6. The van der Waals surface area contributed by atoms with Crippen LogP contribution in [0, 0.1) is 5.82 Å². The topological polar surface area (TPSA) is 17.1 Å². The molecule has 0 aliphatic carbocycles. The van der Waals surface area contributed by atoms with Crippen molar-refractivity contribution in [1.82, 2.24) is 0 Å². The van der Waals surface area contributed by atoms with Crippen molar-refractivity contribution < 1.29 is 18.0 Å². The molecule has 0 bridgehead atoms. The highest BCUT2D eigenvalue weighted by Crippen LogP contribution is 2.16. The highest BCUT2D eigenvalue weighted by atomic mass is 35.5. The van der Waals surface area contributed by atoms with Gasteiger partial charge in [-0.15, -0.1) is 0 Å². The van der Waals surface area contributed by atoms with Gasteiger partial charge < -0.3 is 0 Å². The van der Waals surface area contributed by atoms with E-state index in [-0.39, 0.29) is 10.6 Å². The van der Waals surface area contributed by atoms with E-state index in [0.29, 0.717) is 0 Å². The number of rotatable bonds is 3. The molecule has 0 fully saturated rings. The number of halogens is 4. The predicted octanol–water partition coefficient (Wildman–Crippen LogP) is 2.86. The van der Waals surface area contributed by atoms with E-state index in [0.717, 1.165) is 6.07 Å². The van der Waals surface area contributed by atoms with Crippen molar-refractivity contribution in [3.05, 3.63) is 34.6 Å². The molecule has 0 radical (unpaired) electrons. The average Bonchev–Trinajstić information content (AvgIpc) is 2.09. The Balaban J connectivity index is 2.82. The summed E-state index contributed by atoms with van der Waals surface area (Å²) in [6.45, 7) is 0. The molecule has 0 amide bonds. The summed E-state index contributed by atoms with van der Waals surface area (Å²) in [5, 5.41) is 0.163. The Morgan fingerprint density at radius 2 is 2.07 bits per heavy atom. The van der Waals surface area contributed by atoms with Crippen molar-refractivity contribution >= 4 is 17.4 Å². The van der Waals surface area contributed by atoms with Crippen LogP contribution in [0.5, 0.6) is 0 Å². The normalized spacial score (nSPS) is 10.6. The lowest BCUT2D eigenvalue weighted by Gasteiger charge is -2.02. The molecule has 0 spiro atoms. The first-order valence-corrected chi connectivity index (χ1v) is 4.13. The van der Waals surface area contributed by atoms with Gasteiger partial charge in [0.2, 0.25) is 5.78 Å². The zero-order valence-electron chi connectivity index (χ0n) is 6.94. The maximum Gasteiger partial charge on any atom is 0.296 e. The number of hydrogen-bond donors (Lipinski definition) is 0. The molecule has 1 aromatic rings. The van der Waals surface area contributed by atoms with E-state index in [1.807, 2.05) is 0 Å². The Bertz CT molecular complexity index is 352. The summed E-state index contributed by atoms with van der Waals surface area (Å²) in [5.74, 6) is -2.04. The zero-order chi connectivity index (χ0) is 10.7. The van der Waals surface area contributed by atoms with Crippen molar-refractivity contribution in [2.45, 2.75) is 12.8 Å². The predicted molar refractivity (Wildman–Crippen MR) is 46.1 cm³/mol. The van der Waals surface area contributed by atoms with Gasteiger partial charge in [-0.1, -0.05) is 17.7 Å². The summed E-state index contributed by atoms with van der Waals surface area (Å²) >= 11 is 5.44. The van der Waals surface area contributed by atoms with Crippen molar-refractivity contribution in [3.63, 3.8) is 0 Å². The molecular formula is C9H6ClF3O. The second kappa shape index (κ2) is 4.46. The monoisotopic (exact) mass is 222 g/mol. The van der Waals surface area contributed by atoms with Gasteiger partial charge in [-0.2, -0.15) is 0 Å². The van der Waals surface area contributed by atoms with Gasteiger partial charge in [0.15, 0.2) is 0 Å². The minimum atomic E-state index is -3.06. The third kappa shape index (κ3) is 2.73. The minimum Gasteiger partial charge on any atom is -0.293 e. The van der Waals surface area contributed by atoms with Crippen LogP contribution in [0.3, 0.4) is 0 Å². The van der Waals surface area contributed by atoms with Crippen LogP contribution in [0.25, 0.3) is 0 Å². The fourth-order valence-electron chi connectivity index (χ4n) is 0.930. The summed E-state index contributed by atoms with van der Waals surface area (Å²) in [6.07, 6.45) is -3.68. The second-order valence-electron chi connectivity index (χ2n) is 2.68. The van der Waals surface area contributed by atoms with E-state index in [9.17, 15) is 18.0 Å². The van der Waals surface area contributed by atoms with E-state index >= 15 is 0 Å². The van der Waals surface area contributed by atoms with Crippen LogP contribution in [-0.4, -0.2) is 12.2 Å². The van der Waals surface area contributed by atoms with E-state index < -0.39 is 24.4 Å². The molecule has 1 nitrogen and oxygen atoms in total. The van der Waals surface area contributed by atoms with Gasteiger partial charge in [-0.05, 0) is 17.7 Å². The van der Waals surface area contributed by atoms with Crippen molar-refractivity contribution in [1.29, 1.82) is 0 Å². The van der Waals surface area contributed by atoms with Crippen molar-refractivity contribution in [3.8, 4) is 0 Å². The zero-order valence-corrected chi connectivity index (χ0v) is 7.69. The maximum atomic E-state index is 13.0. The SMILES string of the molecule is O=C(Cc1ccc(Cl)cc1F)C(F)F. The van der Waals surface area contributed by atoms with Crippen molar-refractivity contribution in [2.24, 2.45) is 0 Å². The number of hydrogen-bond acceptors (Lipinski definition) is 1. The molecule has 5 heteroatoms. The second-order valence-corrected chi connectivity index (χ2v) is 3.12. The molecule has 0 saturated heterocycles. The van der Waals surface area contributed by atoms with E-state index in [2.05, 4.69) is 0 Å². The van der Waals surface area contributed by atoms with Crippen LogP contribution in [0.15, 0.2) is 18.2 Å². The molecule has 1 aromatic carbocycles. The van der Waals surface area contributed by atoms with E-state index in [1.165, 1.54) is 12.1 Å². The first-order valence-electron chi connectivity index (χ1n) is 3.75. The first kappa shape index (κ1) is 11.0. The summed E-state index contributed by atoms with van der Waals surface area (Å²) in [7, 11) is 0. The standard InChI is InChI=1S/C9H6ClF3O/c10-6-2-1-5(7(11)4-6)3-8(14)9(12)13/h1-2,4,9H,3H2. The van der Waals surface area contributed by atoms with Gasteiger partial charge in [0.25, 0.3) is 6.43 Å². The number of Topliss-reactive ketones (excluding diaryl/α,β-unsaturated/α-hetero) is 1. The molecule has 0 aliphatic rings. The number of benzene rings is 1. The highest BCUT2D eigenvalue weighted by molar-refractivity contribution is 6.30. The van der Waals surface area contributed by atoms with Gasteiger partial charge in [-0.3, -0.25) is 4.79 Å². The van der Waals surface area contributed by atoms with Crippen molar-refractivity contribution in [2.75, 3.05) is 0 Å². The third-order valence-electron chi connectivity index (χ3n) is 1.62. The van der Waals surface area contributed by atoms with E-state index in [1.54, 1.807) is 0 Å². The number of carbonyl (C=O) groups is 1. The molecule has 0 aliphatic heterocycles. The summed E-state index contributed by atoms with van der Waals surface area (Å²) < 4.78 is 36.6. The lowest BCUT2D eigenvalue weighted by Crippen LogP contribution is -2.13. The molecular weight excluding hydrogens is 217 g/mol. The highest BCUT2D eigenvalue weighted by Gasteiger charge is 2.17. The summed E-state index contributed by atoms with van der Waals surface area (Å²) in [5.41, 5.74) is -0.0697. The summed E-state index contributed by atoms with van der Waals surface area (Å²) in [6, 6.07) is 3.55. The molecule has 1 rings (SSSR count). The van der Waals surface area contributed by atoms with Gasteiger partial charge in [0.1, 0.15) is 5.82 Å². The quantitative estimate of drug-likeness (QED) is 0.769. The van der Waals surface area contributed by atoms with Gasteiger partial charge >= 0.3 is 0 Å². The maximum absolute atomic E-state index is 13.0. The molecule has 76 valence electrons. The van der Waals surface area contributed by atoms with Crippen LogP contribution in [-0.2, 0) is 11.2 Å². The van der Waals surface area contributed by atoms with Crippen LogP contribution >= 0.6 is 11.6 Å². The van der Waals surface area contributed by atoms with Crippen LogP contribution in [0.1, 0.15) is 5.56 Å². The van der Waals surface area contributed by atoms with E-state index in [4.69, 9.17) is 11.6 Å². The van der Waals surface area contributed by atoms with Gasteiger partial charge in [0, 0.05) is 11.4 Å². The Morgan fingerprint density at radius 3 is 2.57 bits per heavy atom. The fraction of sp³-hybridized carbons (Fsp3) is 0.222. The Kier molecular flexibility index (Phi) is 3.52. The fourth-order valence-corrected chi connectivity index (χ4v) is 1.09. The number of ketones is 1. The number of alkyl halides is 2. The molecule has 0 unspecified atom stereocenters. The molecule has 0 heterocycles. The molecule has 0 N–H and O–H groups in total. The van der Waals surface area contributed by atoms with Crippen LogP contribution < -0.4 is 0 Å². The lowest BCUT2D eigenvalue weighted by atomic mass is 10.1. The smallest absolute Gasteiger partial charge is 0.293 e. The van der Waals surface area contributed by atoms with Crippen LogP contribution in [0.2, 0.25) is 5.02 Å². The Labute approximate surface area is 83.5 Å². The third-order valence-corrected chi connectivity index (χ3v) is 1.86. The van der Waals surface area contributed by atoms with Gasteiger partial charge in [-0.25, -0.2) is 13.2 Å².